The van der Waals surface area contributed by atoms with Gasteiger partial charge >= 0.3 is 5.97 Å². The van der Waals surface area contributed by atoms with Crippen LogP contribution in [0.4, 0.5) is 5.82 Å². The normalized spacial score (nSPS) is 17.8. The van der Waals surface area contributed by atoms with Crippen LogP contribution in [0.3, 0.4) is 0 Å². The second-order valence-corrected chi connectivity index (χ2v) is 8.22. The summed E-state index contributed by atoms with van der Waals surface area (Å²) >= 11 is 0. The third-order valence-corrected chi connectivity index (χ3v) is 6.57. The van der Waals surface area contributed by atoms with Crippen LogP contribution in [0.5, 0.6) is 11.5 Å². The SMILES string of the molecule is COC(=O)c1ccc([C@@H](C)[C@@]2(C)C(=O)N(Cc3ccc(OC)cc3OC)c3ncncc32)cn1. The number of hydrogen-bond donors (Lipinski definition) is 0. The van der Waals surface area contributed by atoms with Crippen molar-refractivity contribution in [2.45, 2.75) is 31.7 Å². The van der Waals surface area contributed by atoms with E-state index < -0.39 is 11.4 Å². The van der Waals surface area contributed by atoms with Crippen LogP contribution in [0, 0.1) is 0 Å². The van der Waals surface area contributed by atoms with Gasteiger partial charge in [-0.2, -0.15) is 0 Å². The summed E-state index contributed by atoms with van der Waals surface area (Å²) in [5, 5.41) is 0. The van der Waals surface area contributed by atoms with E-state index >= 15 is 0 Å². The van der Waals surface area contributed by atoms with Gasteiger partial charge < -0.3 is 14.2 Å². The third kappa shape index (κ3) is 3.72. The number of pyridine rings is 1. The molecule has 0 fully saturated rings. The minimum atomic E-state index is -0.940. The number of aromatic nitrogens is 3. The highest BCUT2D eigenvalue weighted by molar-refractivity contribution is 6.07. The number of esters is 1. The number of methoxy groups -OCH3 is 3. The van der Waals surface area contributed by atoms with Crippen molar-refractivity contribution in [1.82, 2.24) is 15.0 Å². The molecule has 2 aromatic heterocycles. The molecule has 3 heterocycles. The Morgan fingerprint density at radius 2 is 1.88 bits per heavy atom. The predicted octanol–water partition coefficient (Wildman–Crippen LogP) is 3.28. The molecular weight excluding hydrogens is 436 g/mol. The van der Waals surface area contributed by atoms with Gasteiger partial charge in [0, 0.05) is 35.5 Å². The van der Waals surface area contributed by atoms with Crippen LogP contribution in [0.15, 0.2) is 49.1 Å². The molecule has 0 unspecified atom stereocenters. The summed E-state index contributed by atoms with van der Waals surface area (Å²) < 4.78 is 15.5. The molecule has 2 atom stereocenters. The van der Waals surface area contributed by atoms with E-state index in [0.717, 1.165) is 16.7 Å². The van der Waals surface area contributed by atoms with Gasteiger partial charge in [-0.1, -0.05) is 13.0 Å². The van der Waals surface area contributed by atoms with Gasteiger partial charge in [0.15, 0.2) is 0 Å². The van der Waals surface area contributed by atoms with Crippen LogP contribution in [0.1, 0.15) is 46.9 Å². The summed E-state index contributed by atoms with van der Waals surface area (Å²) in [5.41, 5.74) is 1.63. The average molecular weight is 463 g/mol. The Hall–Kier alpha value is -4.01. The molecule has 1 aliphatic rings. The Morgan fingerprint density at radius 3 is 2.53 bits per heavy atom. The molecule has 176 valence electrons. The highest BCUT2D eigenvalue weighted by Gasteiger charge is 2.52. The van der Waals surface area contributed by atoms with Crippen molar-refractivity contribution in [2.24, 2.45) is 0 Å². The van der Waals surface area contributed by atoms with Crippen molar-refractivity contribution in [3.63, 3.8) is 0 Å². The maximum atomic E-state index is 13.9. The summed E-state index contributed by atoms with van der Waals surface area (Å²) in [6, 6.07) is 8.88. The van der Waals surface area contributed by atoms with Crippen LogP contribution in [0.2, 0.25) is 0 Å². The van der Waals surface area contributed by atoms with Crippen LogP contribution in [-0.4, -0.2) is 48.2 Å². The third-order valence-electron chi connectivity index (χ3n) is 6.57. The molecule has 0 N–H and O–H groups in total. The first-order valence-corrected chi connectivity index (χ1v) is 10.7. The number of carbonyl (C=O) groups excluding carboxylic acids is 2. The highest BCUT2D eigenvalue weighted by atomic mass is 16.5. The van der Waals surface area contributed by atoms with E-state index in [-0.39, 0.29) is 24.1 Å². The second-order valence-electron chi connectivity index (χ2n) is 8.22. The molecule has 1 aromatic carbocycles. The lowest BCUT2D eigenvalue weighted by Gasteiger charge is -2.31. The van der Waals surface area contributed by atoms with E-state index in [1.54, 1.807) is 49.7 Å². The van der Waals surface area contributed by atoms with Crippen molar-refractivity contribution >= 4 is 17.7 Å². The van der Waals surface area contributed by atoms with Crippen LogP contribution >= 0.6 is 0 Å². The van der Waals surface area contributed by atoms with E-state index in [2.05, 4.69) is 15.0 Å². The first kappa shape index (κ1) is 23.2. The fraction of sp³-hybridized carbons (Fsp3) is 0.320. The van der Waals surface area contributed by atoms with Gasteiger partial charge in [0.1, 0.15) is 29.3 Å². The molecule has 9 heteroatoms. The van der Waals surface area contributed by atoms with Crippen molar-refractivity contribution in [3.05, 3.63) is 71.4 Å². The van der Waals surface area contributed by atoms with Crippen LogP contribution in [0.25, 0.3) is 0 Å². The topological polar surface area (TPSA) is 104 Å². The largest absolute Gasteiger partial charge is 0.497 e. The molecule has 1 amide bonds. The molecule has 3 aromatic rings. The van der Waals surface area contributed by atoms with Gasteiger partial charge in [0.25, 0.3) is 0 Å². The summed E-state index contributed by atoms with van der Waals surface area (Å²) in [4.78, 5) is 40.2. The number of amides is 1. The van der Waals surface area contributed by atoms with Gasteiger partial charge in [0.2, 0.25) is 5.91 Å². The summed E-state index contributed by atoms with van der Waals surface area (Å²) in [5.74, 6) is 0.952. The molecule has 0 aliphatic carbocycles. The van der Waals surface area contributed by atoms with Gasteiger partial charge in [-0.05, 0) is 30.7 Å². The van der Waals surface area contributed by atoms with E-state index in [4.69, 9.17) is 14.2 Å². The lowest BCUT2D eigenvalue weighted by molar-refractivity contribution is -0.123. The maximum absolute atomic E-state index is 13.9. The Kier molecular flexibility index (Phi) is 6.19. The molecular formula is C25H26N4O5. The lowest BCUT2D eigenvalue weighted by atomic mass is 9.71. The minimum absolute atomic E-state index is 0.106. The molecule has 0 radical (unpaired) electrons. The number of hydrogen-bond acceptors (Lipinski definition) is 8. The number of fused-ring (bicyclic) bond motifs is 1. The Balaban J connectivity index is 1.71. The Labute approximate surface area is 197 Å². The first-order chi connectivity index (χ1) is 16.3. The number of anilines is 1. The van der Waals surface area contributed by atoms with Crippen LogP contribution < -0.4 is 14.4 Å². The molecule has 1 aliphatic heterocycles. The number of benzene rings is 1. The van der Waals surface area contributed by atoms with E-state index in [1.807, 2.05) is 26.0 Å². The van der Waals surface area contributed by atoms with E-state index in [0.29, 0.717) is 17.3 Å². The van der Waals surface area contributed by atoms with Gasteiger partial charge in [-0.3, -0.25) is 9.69 Å². The van der Waals surface area contributed by atoms with Gasteiger partial charge in [-0.25, -0.2) is 19.7 Å². The lowest BCUT2D eigenvalue weighted by Crippen LogP contribution is -2.41. The van der Waals surface area contributed by atoms with Crippen molar-refractivity contribution < 1.29 is 23.8 Å². The molecule has 9 nitrogen and oxygen atoms in total. The second kappa shape index (κ2) is 9.09. The summed E-state index contributed by atoms with van der Waals surface area (Å²) in [6.07, 6.45) is 4.74. The number of rotatable bonds is 7. The quantitative estimate of drug-likeness (QED) is 0.493. The van der Waals surface area contributed by atoms with E-state index in [1.165, 1.54) is 13.4 Å². The van der Waals surface area contributed by atoms with Crippen LogP contribution in [-0.2, 0) is 21.5 Å². The monoisotopic (exact) mass is 462 g/mol. The molecule has 0 bridgehead atoms. The standard InChI is InChI=1S/C25H26N4O5/c1-15(16-7-9-20(27-11-16)23(30)34-5)25(2)19-12-26-14-28-22(19)29(24(25)31)13-17-6-8-18(32-3)10-21(17)33-4/h6-12,14-15H,13H2,1-5H3/t15-,25-/m1/s1. The molecule has 4 rings (SSSR count). The molecule has 0 saturated carbocycles. The first-order valence-electron chi connectivity index (χ1n) is 10.7. The van der Waals surface area contributed by atoms with Gasteiger partial charge in [-0.15, -0.1) is 0 Å². The minimum Gasteiger partial charge on any atom is -0.497 e. The fourth-order valence-corrected chi connectivity index (χ4v) is 4.33. The molecule has 34 heavy (non-hydrogen) atoms. The van der Waals surface area contributed by atoms with E-state index in [9.17, 15) is 9.59 Å². The fourth-order valence-electron chi connectivity index (χ4n) is 4.33. The summed E-state index contributed by atoms with van der Waals surface area (Å²) in [6.45, 7) is 4.13. The van der Waals surface area contributed by atoms with Crippen molar-refractivity contribution in [2.75, 3.05) is 26.2 Å². The highest BCUT2D eigenvalue weighted by Crippen LogP contribution is 2.49. The van der Waals surface area contributed by atoms with Gasteiger partial charge in [0.05, 0.1) is 33.3 Å². The van der Waals surface area contributed by atoms with Crippen molar-refractivity contribution in [1.29, 1.82) is 0 Å². The maximum Gasteiger partial charge on any atom is 0.356 e. The molecule has 0 saturated heterocycles. The average Bonchev–Trinajstić information content (AvgIpc) is 3.10. The Bertz CT molecular complexity index is 1230. The van der Waals surface area contributed by atoms with Crippen molar-refractivity contribution in [3.8, 4) is 11.5 Å². The molecule has 0 spiro atoms. The summed E-state index contributed by atoms with van der Waals surface area (Å²) in [7, 11) is 4.48. The predicted molar refractivity (Wildman–Crippen MR) is 124 cm³/mol. The zero-order valence-corrected chi connectivity index (χ0v) is 19.7. The zero-order valence-electron chi connectivity index (χ0n) is 19.7. The number of ether oxygens (including phenoxy) is 3. The number of carbonyl (C=O) groups is 2. The Morgan fingerprint density at radius 1 is 1.09 bits per heavy atom. The smallest absolute Gasteiger partial charge is 0.356 e. The number of nitrogens with zero attached hydrogens (tertiary/aromatic N) is 4. The zero-order chi connectivity index (χ0) is 24.5.